The molecule has 1 aliphatic heterocycles. The van der Waals surface area contributed by atoms with Gasteiger partial charge in [0, 0.05) is 23.8 Å². The second-order valence-corrected chi connectivity index (χ2v) is 8.91. The summed E-state index contributed by atoms with van der Waals surface area (Å²) in [5.74, 6) is -1.09. The topological polar surface area (TPSA) is 114 Å². The number of carbonyl (C=O) groups excluding carboxylic acids is 1. The molecule has 0 bridgehead atoms. The van der Waals surface area contributed by atoms with Crippen molar-refractivity contribution in [3.05, 3.63) is 92.0 Å². The molecule has 33 heavy (non-hydrogen) atoms. The first-order valence-electron chi connectivity index (χ1n) is 9.35. The minimum atomic E-state index is -1.25. The van der Waals surface area contributed by atoms with Crippen LogP contribution in [0.5, 0.6) is 0 Å². The van der Waals surface area contributed by atoms with Gasteiger partial charge in [-0.3, -0.25) is 19.8 Å². The van der Waals surface area contributed by atoms with Crippen molar-refractivity contribution in [3.63, 3.8) is 0 Å². The van der Waals surface area contributed by atoms with Crippen LogP contribution in [-0.2, 0) is 9.59 Å². The summed E-state index contributed by atoms with van der Waals surface area (Å²) in [6, 6.07) is 14.3. The molecule has 3 aromatic rings. The second-order valence-electron chi connectivity index (χ2n) is 6.83. The fourth-order valence-corrected chi connectivity index (χ4v) is 4.82. The second kappa shape index (κ2) is 9.18. The molecule has 1 unspecified atom stereocenters. The van der Waals surface area contributed by atoms with Crippen molar-refractivity contribution in [3.8, 4) is 11.3 Å². The Labute approximate surface area is 201 Å². The molecule has 8 nitrogen and oxygen atoms in total. The summed E-state index contributed by atoms with van der Waals surface area (Å²) in [5, 5.41) is 20.8. The van der Waals surface area contributed by atoms with Gasteiger partial charge in [-0.1, -0.05) is 65.9 Å². The number of nitrogens with zero attached hydrogens (tertiary/aromatic N) is 2. The van der Waals surface area contributed by atoms with Crippen molar-refractivity contribution < 1.29 is 24.0 Å². The van der Waals surface area contributed by atoms with Crippen LogP contribution in [-0.4, -0.2) is 31.1 Å². The maximum atomic E-state index is 13.0. The molecule has 166 valence electrons. The van der Waals surface area contributed by atoms with Crippen molar-refractivity contribution >= 4 is 63.5 Å². The minimum absolute atomic E-state index is 0.118. The van der Waals surface area contributed by atoms with Crippen LogP contribution in [0, 0.1) is 10.1 Å². The SMILES string of the molecule is O=C(O)C(c1ccccc1)N1C(=O)/C(=C\c2ccc(-c3ccc([N+](=O)[O-])cc3Cl)o2)SC1=S. The van der Waals surface area contributed by atoms with E-state index >= 15 is 0 Å². The highest BCUT2D eigenvalue weighted by atomic mass is 35.5. The first-order valence-corrected chi connectivity index (χ1v) is 11.0. The Hall–Kier alpha value is -3.47. The van der Waals surface area contributed by atoms with E-state index in [2.05, 4.69) is 0 Å². The first kappa shape index (κ1) is 22.7. The van der Waals surface area contributed by atoms with E-state index in [4.69, 9.17) is 28.2 Å². The Morgan fingerprint density at radius 2 is 1.94 bits per heavy atom. The van der Waals surface area contributed by atoms with Crippen LogP contribution in [0.2, 0.25) is 5.02 Å². The number of thioether (sulfide) groups is 1. The van der Waals surface area contributed by atoms with E-state index in [0.717, 1.165) is 16.7 Å². The predicted molar refractivity (Wildman–Crippen MR) is 128 cm³/mol. The fourth-order valence-electron chi connectivity index (χ4n) is 3.26. The number of halogens is 1. The van der Waals surface area contributed by atoms with E-state index in [1.165, 1.54) is 24.3 Å². The quantitative estimate of drug-likeness (QED) is 0.203. The number of carboxylic acid groups (broad SMARTS) is 1. The lowest BCUT2D eigenvalue weighted by atomic mass is 10.1. The summed E-state index contributed by atoms with van der Waals surface area (Å²) in [7, 11) is 0. The Bertz CT molecular complexity index is 1320. The average molecular weight is 501 g/mol. The highest BCUT2D eigenvalue weighted by Gasteiger charge is 2.41. The third-order valence-electron chi connectivity index (χ3n) is 4.76. The number of rotatable bonds is 6. The molecule has 1 aliphatic rings. The van der Waals surface area contributed by atoms with Gasteiger partial charge < -0.3 is 9.52 Å². The molecular weight excluding hydrogens is 488 g/mol. The molecule has 0 spiro atoms. The largest absolute Gasteiger partial charge is 0.479 e. The molecule has 1 N–H and O–H groups in total. The molecule has 2 heterocycles. The Morgan fingerprint density at radius 3 is 2.58 bits per heavy atom. The van der Waals surface area contributed by atoms with E-state index in [1.807, 2.05) is 0 Å². The molecule has 1 fully saturated rings. The molecular formula is C22H13ClN2O6S2. The zero-order chi connectivity index (χ0) is 23.7. The van der Waals surface area contributed by atoms with Crippen molar-refractivity contribution in [2.24, 2.45) is 0 Å². The van der Waals surface area contributed by atoms with Crippen LogP contribution in [0.25, 0.3) is 17.4 Å². The zero-order valence-electron chi connectivity index (χ0n) is 16.5. The summed E-state index contributed by atoms with van der Waals surface area (Å²) in [4.78, 5) is 36.6. The van der Waals surface area contributed by atoms with E-state index in [0.29, 0.717) is 22.6 Å². The van der Waals surface area contributed by atoms with Crippen molar-refractivity contribution in [1.82, 2.24) is 4.90 Å². The van der Waals surface area contributed by atoms with Gasteiger partial charge in [0.1, 0.15) is 15.8 Å². The lowest BCUT2D eigenvalue weighted by Gasteiger charge is -2.23. The van der Waals surface area contributed by atoms with Crippen molar-refractivity contribution in [1.29, 1.82) is 0 Å². The van der Waals surface area contributed by atoms with Crippen LogP contribution in [0.4, 0.5) is 5.69 Å². The number of hydrogen-bond acceptors (Lipinski definition) is 7. The lowest BCUT2D eigenvalue weighted by Crippen LogP contribution is -2.37. The highest BCUT2D eigenvalue weighted by molar-refractivity contribution is 8.26. The zero-order valence-corrected chi connectivity index (χ0v) is 18.9. The van der Waals surface area contributed by atoms with Crippen LogP contribution in [0.15, 0.2) is 70.0 Å². The number of carbonyl (C=O) groups is 2. The van der Waals surface area contributed by atoms with Gasteiger partial charge in [0.25, 0.3) is 11.6 Å². The van der Waals surface area contributed by atoms with Gasteiger partial charge in [0.2, 0.25) is 0 Å². The van der Waals surface area contributed by atoms with Crippen molar-refractivity contribution in [2.75, 3.05) is 0 Å². The Balaban J connectivity index is 1.62. The van der Waals surface area contributed by atoms with E-state index < -0.39 is 22.8 Å². The number of furan rings is 1. The fraction of sp³-hybridized carbons (Fsp3) is 0.0455. The van der Waals surface area contributed by atoms with Gasteiger partial charge in [0.05, 0.1) is 14.9 Å². The molecule has 1 aromatic heterocycles. The third kappa shape index (κ3) is 4.54. The smallest absolute Gasteiger partial charge is 0.331 e. The van der Waals surface area contributed by atoms with Gasteiger partial charge in [-0.05, 0) is 23.8 Å². The van der Waals surface area contributed by atoms with E-state index in [9.17, 15) is 24.8 Å². The number of benzene rings is 2. The van der Waals surface area contributed by atoms with Crippen molar-refractivity contribution in [2.45, 2.75) is 6.04 Å². The molecule has 2 aromatic carbocycles. The monoisotopic (exact) mass is 500 g/mol. The third-order valence-corrected chi connectivity index (χ3v) is 6.40. The molecule has 1 saturated heterocycles. The summed E-state index contributed by atoms with van der Waals surface area (Å²) < 4.78 is 5.87. The molecule has 4 rings (SSSR count). The standard InChI is InChI=1S/C22H13ClN2O6S2/c23-16-10-13(25(29)30)6-8-15(16)17-9-7-14(31-17)11-18-20(26)24(22(32)33-18)19(21(27)28)12-4-2-1-3-5-12/h1-11,19H,(H,27,28)/b18-11+. The number of amides is 1. The number of hydrogen-bond donors (Lipinski definition) is 1. The predicted octanol–water partition coefficient (Wildman–Crippen LogP) is 5.54. The molecule has 11 heteroatoms. The van der Waals surface area contributed by atoms with Crippen LogP contribution in [0.3, 0.4) is 0 Å². The van der Waals surface area contributed by atoms with E-state index in [-0.39, 0.29) is 19.9 Å². The number of thiocarbonyl (C=S) groups is 1. The van der Waals surface area contributed by atoms with E-state index in [1.54, 1.807) is 42.5 Å². The number of carboxylic acids is 1. The summed E-state index contributed by atoms with van der Waals surface area (Å²) in [6.07, 6.45) is 1.46. The number of non-ortho nitro benzene ring substituents is 1. The highest BCUT2D eigenvalue weighted by Crippen LogP contribution is 2.39. The van der Waals surface area contributed by atoms with Gasteiger partial charge in [-0.25, -0.2) is 4.79 Å². The first-order chi connectivity index (χ1) is 15.8. The number of nitro groups is 1. The van der Waals surface area contributed by atoms with Crippen LogP contribution < -0.4 is 0 Å². The molecule has 1 atom stereocenters. The molecule has 1 amide bonds. The van der Waals surface area contributed by atoms with Gasteiger partial charge in [-0.2, -0.15) is 0 Å². The lowest BCUT2D eigenvalue weighted by molar-refractivity contribution is -0.384. The van der Waals surface area contributed by atoms with Gasteiger partial charge in [0.15, 0.2) is 6.04 Å². The summed E-state index contributed by atoms with van der Waals surface area (Å²) in [6.45, 7) is 0. The molecule has 0 aliphatic carbocycles. The van der Waals surface area contributed by atoms with Gasteiger partial charge >= 0.3 is 5.97 Å². The van der Waals surface area contributed by atoms with Crippen LogP contribution >= 0.6 is 35.6 Å². The minimum Gasteiger partial charge on any atom is -0.479 e. The summed E-state index contributed by atoms with van der Waals surface area (Å²) >= 11 is 12.4. The number of nitro benzene ring substituents is 1. The normalized spacial score (nSPS) is 15.8. The van der Waals surface area contributed by atoms with Crippen LogP contribution in [0.1, 0.15) is 17.4 Å². The Morgan fingerprint density at radius 1 is 1.21 bits per heavy atom. The molecule has 0 radical (unpaired) electrons. The average Bonchev–Trinajstić information content (AvgIpc) is 3.34. The summed E-state index contributed by atoms with van der Waals surface area (Å²) in [5.41, 5.74) is 0.728. The van der Waals surface area contributed by atoms with Gasteiger partial charge in [-0.15, -0.1) is 0 Å². The maximum absolute atomic E-state index is 13.0. The Kier molecular flexibility index (Phi) is 6.32. The molecule has 0 saturated carbocycles. The maximum Gasteiger partial charge on any atom is 0.331 e. The number of aliphatic carboxylic acids is 1.